The number of nitrogens with zero attached hydrogens (tertiary/aromatic N) is 1. The predicted octanol–water partition coefficient (Wildman–Crippen LogP) is 5.21. The molecule has 1 fully saturated rings. The van der Waals surface area contributed by atoms with E-state index >= 15 is 0 Å². The van der Waals surface area contributed by atoms with Crippen molar-refractivity contribution in [3.8, 4) is 11.3 Å². The van der Waals surface area contributed by atoms with Crippen molar-refractivity contribution in [1.82, 2.24) is 4.98 Å². The second-order valence-corrected chi connectivity index (χ2v) is 7.19. The van der Waals surface area contributed by atoms with Gasteiger partial charge >= 0.3 is 0 Å². The minimum Gasteiger partial charge on any atom is -0.302 e. The van der Waals surface area contributed by atoms with E-state index < -0.39 is 0 Å². The first-order chi connectivity index (χ1) is 11.7. The van der Waals surface area contributed by atoms with E-state index in [1.807, 2.05) is 47.8 Å². The van der Waals surface area contributed by atoms with Gasteiger partial charge in [-0.25, -0.2) is 4.98 Å². The Hall–Kier alpha value is -2.17. The van der Waals surface area contributed by atoms with E-state index in [4.69, 9.17) is 11.6 Å². The molecule has 120 valence electrons. The number of carbonyl (C=O) groups is 1. The minimum atomic E-state index is 0.0512. The highest BCUT2D eigenvalue weighted by Crippen LogP contribution is 2.48. The number of hydrogen-bond acceptors (Lipinski definition) is 3. The molecule has 0 spiro atoms. The second kappa shape index (κ2) is 6.38. The molecule has 1 amide bonds. The lowest BCUT2D eigenvalue weighted by molar-refractivity contribution is -0.117. The van der Waals surface area contributed by atoms with Gasteiger partial charge in [0.25, 0.3) is 0 Å². The maximum atomic E-state index is 12.4. The third-order valence-corrected chi connectivity index (χ3v) is 5.24. The molecule has 4 rings (SSSR count). The van der Waals surface area contributed by atoms with Crippen LogP contribution >= 0.6 is 22.9 Å². The van der Waals surface area contributed by atoms with Gasteiger partial charge in [-0.05, 0) is 30.0 Å². The van der Waals surface area contributed by atoms with Crippen molar-refractivity contribution in [3.05, 3.63) is 70.6 Å². The number of rotatable bonds is 4. The molecule has 1 aromatic heterocycles. The van der Waals surface area contributed by atoms with Gasteiger partial charge in [0.05, 0.1) is 5.69 Å². The Kier molecular flexibility index (Phi) is 4.08. The quantitative estimate of drug-likeness (QED) is 0.699. The number of thiazole rings is 1. The second-order valence-electron chi connectivity index (χ2n) is 5.89. The third kappa shape index (κ3) is 3.21. The number of carbonyl (C=O) groups excluding carboxylic acids is 1. The lowest BCUT2D eigenvalue weighted by atomic mass is 10.1. The summed E-state index contributed by atoms with van der Waals surface area (Å²) in [4.78, 5) is 16.9. The SMILES string of the molecule is O=C(Nc1nc(-c2ccc(Cl)cc2)cs1)[C@H]1C[C@H]1c1ccccc1. The van der Waals surface area contributed by atoms with Crippen LogP contribution in [0.25, 0.3) is 11.3 Å². The number of amides is 1. The number of nitrogens with one attached hydrogen (secondary N) is 1. The molecule has 24 heavy (non-hydrogen) atoms. The number of hydrogen-bond donors (Lipinski definition) is 1. The largest absolute Gasteiger partial charge is 0.302 e. The lowest BCUT2D eigenvalue weighted by Gasteiger charge is -2.01. The van der Waals surface area contributed by atoms with Gasteiger partial charge in [-0.1, -0.05) is 54.1 Å². The monoisotopic (exact) mass is 354 g/mol. The van der Waals surface area contributed by atoms with Crippen LogP contribution in [0, 0.1) is 5.92 Å². The summed E-state index contributed by atoms with van der Waals surface area (Å²) in [6.45, 7) is 0. The summed E-state index contributed by atoms with van der Waals surface area (Å²) in [5.41, 5.74) is 3.07. The van der Waals surface area contributed by atoms with Gasteiger partial charge in [-0.3, -0.25) is 4.79 Å². The molecule has 2 aromatic carbocycles. The average Bonchev–Trinajstić information content (AvgIpc) is 3.29. The van der Waals surface area contributed by atoms with E-state index in [1.54, 1.807) is 0 Å². The van der Waals surface area contributed by atoms with Crippen LogP contribution in [-0.2, 0) is 4.79 Å². The van der Waals surface area contributed by atoms with Crippen LogP contribution in [0.4, 0.5) is 5.13 Å². The molecule has 3 nitrogen and oxygen atoms in total. The minimum absolute atomic E-state index is 0.0512. The van der Waals surface area contributed by atoms with E-state index in [2.05, 4.69) is 22.4 Å². The highest BCUT2D eigenvalue weighted by Gasteiger charge is 2.44. The van der Waals surface area contributed by atoms with E-state index in [0.717, 1.165) is 17.7 Å². The number of benzene rings is 2. The van der Waals surface area contributed by atoms with E-state index in [-0.39, 0.29) is 11.8 Å². The number of halogens is 1. The first kappa shape index (κ1) is 15.4. The third-order valence-electron chi connectivity index (χ3n) is 4.23. The predicted molar refractivity (Wildman–Crippen MR) is 98.5 cm³/mol. The first-order valence-electron chi connectivity index (χ1n) is 7.78. The van der Waals surface area contributed by atoms with Gasteiger partial charge < -0.3 is 5.32 Å². The van der Waals surface area contributed by atoms with Crippen LogP contribution in [0.5, 0.6) is 0 Å². The van der Waals surface area contributed by atoms with Crippen LogP contribution in [0.2, 0.25) is 5.02 Å². The molecule has 0 unspecified atom stereocenters. The van der Waals surface area contributed by atoms with Gasteiger partial charge in [0.2, 0.25) is 5.91 Å². The Balaban J connectivity index is 1.41. The summed E-state index contributed by atoms with van der Waals surface area (Å²) in [5.74, 6) is 0.443. The topological polar surface area (TPSA) is 42.0 Å². The summed E-state index contributed by atoms with van der Waals surface area (Å²) < 4.78 is 0. The maximum Gasteiger partial charge on any atom is 0.229 e. The normalized spacial score (nSPS) is 19.0. The van der Waals surface area contributed by atoms with Crippen molar-refractivity contribution in [2.75, 3.05) is 5.32 Å². The van der Waals surface area contributed by atoms with Crippen molar-refractivity contribution < 1.29 is 4.79 Å². The maximum absolute atomic E-state index is 12.4. The fourth-order valence-electron chi connectivity index (χ4n) is 2.84. The lowest BCUT2D eigenvalue weighted by Crippen LogP contribution is -2.14. The smallest absolute Gasteiger partial charge is 0.229 e. The Morgan fingerprint density at radius 3 is 2.62 bits per heavy atom. The first-order valence-corrected chi connectivity index (χ1v) is 9.04. The zero-order valence-corrected chi connectivity index (χ0v) is 14.3. The van der Waals surface area contributed by atoms with E-state index in [9.17, 15) is 4.79 Å². The van der Waals surface area contributed by atoms with Gasteiger partial charge in [0, 0.05) is 21.9 Å². The zero-order chi connectivity index (χ0) is 16.5. The van der Waals surface area contributed by atoms with E-state index in [0.29, 0.717) is 16.1 Å². The molecule has 1 aliphatic carbocycles. The Morgan fingerprint density at radius 2 is 1.88 bits per heavy atom. The molecule has 2 atom stereocenters. The zero-order valence-electron chi connectivity index (χ0n) is 12.8. The molecule has 1 saturated carbocycles. The Labute approximate surface area is 149 Å². The highest BCUT2D eigenvalue weighted by molar-refractivity contribution is 7.14. The van der Waals surface area contributed by atoms with Crippen LogP contribution in [0.1, 0.15) is 17.9 Å². The highest BCUT2D eigenvalue weighted by atomic mass is 35.5. The molecule has 0 radical (unpaired) electrons. The van der Waals surface area contributed by atoms with Crippen LogP contribution in [0.3, 0.4) is 0 Å². The van der Waals surface area contributed by atoms with Crippen molar-refractivity contribution >= 4 is 34.0 Å². The van der Waals surface area contributed by atoms with Gasteiger partial charge in [0.1, 0.15) is 0 Å². The molecule has 1 N–H and O–H groups in total. The van der Waals surface area contributed by atoms with Crippen molar-refractivity contribution in [2.24, 2.45) is 5.92 Å². The molecule has 1 heterocycles. The average molecular weight is 355 g/mol. The van der Waals surface area contributed by atoms with Crippen LogP contribution < -0.4 is 5.32 Å². The summed E-state index contributed by atoms with van der Waals surface area (Å²) in [6, 6.07) is 17.7. The number of anilines is 1. The summed E-state index contributed by atoms with van der Waals surface area (Å²) in [6.07, 6.45) is 0.908. The van der Waals surface area contributed by atoms with Crippen molar-refractivity contribution in [2.45, 2.75) is 12.3 Å². The van der Waals surface area contributed by atoms with E-state index in [1.165, 1.54) is 16.9 Å². The fraction of sp³-hybridized carbons (Fsp3) is 0.158. The molecule has 3 aromatic rings. The van der Waals surface area contributed by atoms with Gasteiger partial charge in [-0.2, -0.15) is 0 Å². The summed E-state index contributed by atoms with van der Waals surface area (Å²) in [5, 5.41) is 6.23. The number of aromatic nitrogens is 1. The summed E-state index contributed by atoms with van der Waals surface area (Å²) in [7, 11) is 0. The molecule has 1 aliphatic rings. The molecular formula is C19H15ClN2OS. The molecule has 0 saturated heterocycles. The van der Waals surface area contributed by atoms with Crippen molar-refractivity contribution in [3.63, 3.8) is 0 Å². The molecule has 0 bridgehead atoms. The van der Waals surface area contributed by atoms with Crippen molar-refractivity contribution in [1.29, 1.82) is 0 Å². The van der Waals surface area contributed by atoms with Gasteiger partial charge in [-0.15, -0.1) is 11.3 Å². The standard InChI is InChI=1S/C19H15ClN2OS/c20-14-8-6-13(7-9-14)17-11-24-19(21-17)22-18(23)16-10-15(16)12-4-2-1-3-5-12/h1-9,11,15-16H,10H2,(H,21,22,23)/t15-,16-/m0/s1. The van der Waals surface area contributed by atoms with Gasteiger partial charge in [0.15, 0.2) is 5.13 Å². The van der Waals surface area contributed by atoms with Crippen LogP contribution in [-0.4, -0.2) is 10.9 Å². The summed E-state index contributed by atoms with van der Waals surface area (Å²) >= 11 is 7.35. The fourth-order valence-corrected chi connectivity index (χ4v) is 3.68. The Bertz CT molecular complexity index is 861. The Morgan fingerprint density at radius 1 is 1.12 bits per heavy atom. The molecule has 0 aliphatic heterocycles. The van der Waals surface area contributed by atoms with Crippen LogP contribution in [0.15, 0.2) is 60.0 Å². The molecule has 5 heteroatoms. The molecular weight excluding hydrogens is 340 g/mol.